The predicted octanol–water partition coefficient (Wildman–Crippen LogP) is 3.03. The van der Waals surface area contributed by atoms with Crippen LogP contribution in [-0.2, 0) is 11.6 Å². The van der Waals surface area contributed by atoms with Crippen molar-refractivity contribution >= 4 is 17.2 Å². The monoisotopic (exact) mass is 306 g/mol. The van der Waals surface area contributed by atoms with Crippen molar-refractivity contribution in [2.75, 3.05) is 6.54 Å². The van der Waals surface area contributed by atoms with Gasteiger partial charge in [-0.3, -0.25) is 4.40 Å². The maximum Gasteiger partial charge on any atom is 0.417 e. The molecule has 0 aliphatic carbocycles. The molecule has 0 saturated heterocycles. The smallest absolute Gasteiger partial charge is 0.329 e. The SMILES string of the molecule is CCC(C)(CN)c1nnc2c(Cl)cc(C(F)(F)F)cn12. The second-order valence-corrected chi connectivity index (χ2v) is 5.32. The molecular weight excluding hydrogens is 293 g/mol. The molecule has 2 aromatic rings. The van der Waals surface area contributed by atoms with Crippen LogP contribution in [0.25, 0.3) is 5.65 Å². The summed E-state index contributed by atoms with van der Waals surface area (Å²) in [4.78, 5) is 0. The first-order chi connectivity index (χ1) is 9.23. The van der Waals surface area contributed by atoms with Crippen molar-refractivity contribution in [3.8, 4) is 0 Å². The fraction of sp³-hybridized carbons (Fsp3) is 0.500. The number of fused-ring (bicyclic) bond motifs is 1. The van der Waals surface area contributed by atoms with Crippen LogP contribution in [-0.4, -0.2) is 21.1 Å². The number of alkyl halides is 3. The normalized spacial score (nSPS) is 15.6. The third kappa shape index (κ3) is 2.35. The lowest BCUT2D eigenvalue weighted by molar-refractivity contribution is -0.137. The van der Waals surface area contributed by atoms with Gasteiger partial charge in [0.15, 0.2) is 5.65 Å². The quantitative estimate of drug-likeness (QED) is 0.948. The van der Waals surface area contributed by atoms with Crippen LogP contribution in [0.5, 0.6) is 0 Å². The third-order valence-corrected chi connectivity index (χ3v) is 3.84. The molecule has 0 aromatic carbocycles. The molecule has 110 valence electrons. The average molecular weight is 307 g/mol. The van der Waals surface area contributed by atoms with Gasteiger partial charge in [0.2, 0.25) is 0 Å². The molecule has 2 N–H and O–H groups in total. The molecule has 0 aliphatic heterocycles. The molecule has 0 radical (unpaired) electrons. The summed E-state index contributed by atoms with van der Waals surface area (Å²) in [7, 11) is 0. The molecule has 2 rings (SSSR count). The van der Waals surface area contributed by atoms with Crippen molar-refractivity contribution in [3.63, 3.8) is 0 Å². The molecule has 0 saturated carbocycles. The van der Waals surface area contributed by atoms with Crippen LogP contribution in [0.3, 0.4) is 0 Å². The highest BCUT2D eigenvalue weighted by molar-refractivity contribution is 6.33. The van der Waals surface area contributed by atoms with Gasteiger partial charge in [0.05, 0.1) is 10.6 Å². The van der Waals surface area contributed by atoms with Crippen LogP contribution in [0.2, 0.25) is 5.02 Å². The van der Waals surface area contributed by atoms with Crippen molar-refractivity contribution in [1.82, 2.24) is 14.6 Å². The molecule has 8 heteroatoms. The Hall–Kier alpha value is -1.34. The number of halogens is 4. The van der Waals surface area contributed by atoms with Crippen molar-refractivity contribution in [2.45, 2.75) is 31.9 Å². The zero-order chi connectivity index (χ0) is 15.1. The number of rotatable bonds is 3. The van der Waals surface area contributed by atoms with E-state index in [1.807, 2.05) is 13.8 Å². The number of aromatic nitrogens is 3. The number of pyridine rings is 1. The summed E-state index contributed by atoms with van der Waals surface area (Å²) in [6, 6.07) is 0.848. The molecule has 20 heavy (non-hydrogen) atoms. The van der Waals surface area contributed by atoms with E-state index in [1.165, 1.54) is 4.40 Å². The van der Waals surface area contributed by atoms with Crippen LogP contribution >= 0.6 is 11.6 Å². The molecule has 2 heterocycles. The number of nitrogens with zero attached hydrogens (tertiary/aromatic N) is 3. The number of hydrogen-bond donors (Lipinski definition) is 1. The molecule has 1 unspecified atom stereocenters. The molecule has 0 aliphatic rings. The van der Waals surface area contributed by atoms with Crippen LogP contribution < -0.4 is 5.73 Å². The largest absolute Gasteiger partial charge is 0.417 e. The van der Waals surface area contributed by atoms with Gasteiger partial charge in [-0.25, -0.2) is 0 Å². The summed E-state index contributed by atoms with van der Waals surface area (Å²) in [6.07, 6.45) is -2.90. The molecule has 4 nitrogen and oxygen atoms in total. The van der Waals surface area contributed by atoms with Gasteiger partial charge in [-0.05, 0) is 12.5 Å². The highest BCUT2D eigenvalue weighted by Crippen LogP contribution is 2.34. The molecule has 0 amide bonds. The minimum Gasteiger partial charge on any atom is -0.329 e. The molecular formula is C12H14ClF3N4. The maximum absolute atomic E-state index is 12.9. The summed E-state index contributed by atoms with van der Waals surface area (Å²) < 4.78 is 39.8. The zero-order valence-electron chi connectivity index (χ0n) is 11.0. The Labute approximate surface area is 118 Å². The Kier molecular flexibility index (Phi) is 3.68. The maximum atomic E-state index is 12.9. The summed E-state index contributed by atoms with van der Waals surface area (Å²) in [5.74, 6) is 0.380. The van der Waals surface area contributed by atoms with Gasteiger partial charge in [0.1, 0.15) is 5.82 Å². The first-order valence-electron chi connectivity index (χ1n) is 6.05. The van der Waals surface area contributed by atoms with E-state index in [9.17, 15) is 13.2 Å². The van der Waals surface area contributed by atoms with E-state index in [-0.39, 0.29) is 17.2 Å². The van der Waals surface area contributed by atoms with Gasteiger partial charge in [0.25, 0.3) is 0 Å². The van der Waals surface area contributed by atoms with Crippen molar-refractivity contribution < 1.29 is 13.2 Å². The molecule has 0 spiro atoms. The lowest BCUT2D eigenvalue weighted by Crippen LogP contribution is -2.33. The Morgan fingerprint density at radius 3 is 2.50 bits per heavy atom. The lowest BCUT2D eigenvalue weighted by atomic mass is 9.87. The highest BCUT2D eigenvalue weighted by atomic mass is 35.5. The van der Waals surface area contributed by atoms with E-state index in [1.54, 1.807) is 0 Å². The van der Waals surface area contributed by atoms with Crippen LogP contribution in [0.4, 0.5) is 13.2 Å². The fourth-order valence-corrected chi connectivity index (χ4v) is 2.16. The van der Waals surface area contributed by atoms with E-state index in [2.05, 4.69) is 10.2 Å². The van der Waals surface area contributed by atoms with Crippen molar-refractivity contribution in [3.05, 3.63) is 28.7 Å². The zero-order valence-corrected chi connectivity index (χ0v) is 11.8. The molecule has 2 aromatic heterocycles. The Morgan fingerprint density at radius 2 is 2.00 bits per heavy atom. The second kappa shape index (κ2) is 4.89. The number of hydrogen-bond acceptors (Lipinski definition) is 3. The summed E-state index contributed by atoms with van der Waals surface area (Å²) in [5, 5.41) is 7.75. The highest BCUT2D eigenvalue weighted by Gasteiger charge is 2.34. The van der Waals surface area contributed by atoms with Gasteiger partial charge in [-0.1, -0.05) is 25.4 Å². The van der Waals surface area contributed by atoms with Gasteiger partial charge < -0.3 is 5.73 Å². The number of nitrogens with two attached hydrogens (primary N) is 1. The first-order valence-corrected chi connectivity index (χ1v) is 6.43. The fourth-order valence-electron chi connectivity index (χ4n) is 1.91. The van der Waals surface area contributed by atoms with Crippen LogP contribution in [0.1, 0.15) is 31.7 Å². The molecule has 0 bridgehead atoms. The topological polar surface area (TPSA) is 56.2 Å². The van der Waals surface area contributed by atoms with E-state index >= 15 is 0 Å². The molecule has 1 atom stereocenters. The van der Waals surface area contributed by atoms with Gasteiger partial charge in [-0.15, -0.1) is 10.2 Å². The minimum atomic E-state index is -4.48. The van der Waals surface area contributed by atoms with Gasteiger partial charge in [0, 0.05) is 18.2 Å². The van der Waals surface area contributed by atoms with Crippen LogP contribution in [0.15, 0.2) is 12.3 Å². The average Bonchev–Trinajstić information content (AvgIpc) is 2.81. The van der Waals surface area contributed by atoms with E-state index < -0.39 is 17.2 Å². The first kappa shape index (κ1) is 15.1. The van der Waals surface area contributed by atoms with E-state index in [0.29, 0.717) is 12.2 Å². The van der Waals surface area contributed by atoms with Crippen molar-refractivity contribution in [1.29, 1.82) is 0 Å². The summed E-state index contributed by atoms with van der Waals surface area (Å²) in [6.45, 7) is 3.97. The summed E-state index contributed by atoms with van der Waals surface area (Å²) in [5.41, 5.74) is 4.52. The minimum absolute atomic E-state index is 0.0888. The molecule has 0 fully saturated rings. The van der Waals surface area contributed by atoms with E-state index in [4.69, 9.17) is 17.3 Å². The predicted molar refractivity (Wildman–Crippen MR) is 69.7 cm³/mol. The van der Waals surface area contributed by atoms with Gasteiger partial charge in [-0.2, -0.15) is 13.2 Å². The Morgan fingerprint density at radius 1 is 1.35 bits per heavy atom. The Balaban J connectivity index is 2.74. The summed E-state index contributed by atoms with van der Waals surface area (Å²) >= 11 is 5.86. The lowest BCUT2D eigenvalue weighted by Gasteiger charge is -2.24. The Bertz CT molecular complexity index is 631. The van der Waals surface area contributed by atoms with Crippen LogP contribution in [0, 0.1) is 0 Å². The third-order valence-electron chi connectivity index (χ3n) is 3.56. The standard InChI is InChI=1S/C12H14ClF3N4/c1-3-11(2,6-17)10-19-18-9-8(13)4-7(5-20(9)10)12(14,15)16/h4-5H,3,6,17H2,1-2H3. The van der Waals surface area contributed by atoms with Gasteiger partial charge >= 0.3 is 6.18 Å². The van der Waals surface area contributed by atoms with E-state index in [0.717, 1.165) is 12.3 Å². The second-order valence-electron chi connectivity index (χ2n) is 4.91. The van der Waals surface area contributed by atoms with Crippen molar-refractivity contribution in [2.24, 2.45) is 5.73 Å².